The van der Waals surface area contributed by atoms with E-state index in [1.165, 1.54) is 29.1 Å². The Balaban J connectivity index is 1.83. The molecule has 1 aromatic heterocycles. The Kier molecular flexibility index (Phi) is 5.15. The summed E-state index contributed by atoms with van der Waals surface area (Å²) in [6.07, 6.45) is 7.07. The summed E-state index contributed by atoms with van der Waals surface area (Å²) in [4.78, 5) is 5.81. The van der Waals surface area contributed by atoms with Crippen molar-refractivity contribution < 1.29 is 5.11 Å². The summed E-state index contributed by atoms with van der Waals surface area (Å²) in [5, 5.41) is 14.1. The average molecular weight is 268 g/mol. The fourth-order valence-electron chi connectivity index (χ4n) is 2.21. The van der Waals surface area contributed by atoms with Crippen molar-refractivity contribution in [1.29, 1.82) is 0 Å². The molecule has 1 aliphatic carbocycles. The van der Waals surface area contributed by atoms with Gasteiger partial charge in [0.25, 0.3) is 0 Å². The molecule has 1 saturated carbocycles. The highest BCUT2D eigenvalue weighted by Gasteiger charge is 2.22. The summed E-state index contributed by atoms with van der Waals surface area (Å²) in [5.74, 6) is 1.24. The van der Waals surface area contributed by atoms with Gasteiger partial charge >= 0.3 is 0 Å². The van der Waals surface area contributed by atoms with Crippen molar-refractivity contribution in [3.05, 3.63) is 16.1 Å². The summed E-state index contributed by atoms with van der Waals surface area (Å²) < 4.78 is 0. The predicted molar refractivity (Wildman–Crippen MR) is 75.9 cm³/mol. The molecule has 1 heterocycles. The number of hydrogen-bond acceptors (Lipinski definition) is 4. The molecule has 0 radical (unpaired) electrons. The van der Waals surface area contributed by atoms with Gasteiger partial charge in [-0.2, -0.15) is 0 Å². The average Bonchev–Trinajstić information content (AvgIpc) is 2.75. The Bertz CT molecular complexity index is 362. The normalized spacial score (nSPS) is 19.5. The van der Waals surface area contributed by atoms with Crippen LogP contribution in [0.1, 0.15) is 55.3 Å². The lowest BCUT2D eigenvalue weighted by Crippen LogP contribution is -2.37. The van der Waals surface area contributed by atoms with Gasteiger partial charge in [-0.25, -0.2) is 4.98 Å². The number of nitrogens with one attached hydrogen (secondary N) is 1. The third-order valence-corrected chi connectivity index (χ3v) is 5.25. The number of aliphatic hydroxyl groups is 1. The first-order chi connectivity index (χ1) is 8.74. The summed E-state index contributed by atoms with van der Waals surface area (Å²) in [7, 11) is 0. The summed E-state index contributed by atoms with van der Waals surface area (Å²) in [6, 6.07) is 0.198. The molecular formula is C14H24N2OS. The van der Waals surface area contributed by atoms with Gasteiger partial charge in [0, 0.05) is 29.6 Å². The molecule has 102 valence electrons. The maximum Gasteiger partial charge on any atom is 0.0959 e. The highest BCUT2D eigenvalue weighted by molar-refractivity contribution is 7.11. The molecule has 2 atom stereocenters. The van der Waals surface area contributed by atoms with Gasteiger partial charge < -0.3 is 10.4 Å². The molecule has 0 aromatic carbocycles. The van der Waals surface area contributed by atoms with Gasteiger partial charge in [0.15, 0.2) is 0 Å². The van der Waals surface area contributed by atoms with Crippen LogP contribution in [0.2, 0.25) is 0 Å². The van der Waals surface area contributed by atoms with E-state index in [0.717, 1.165) is 18.9 Å². The molecule has 2 N–H and O–H groups in total. The molecule has 1 aromatic rings. The molecule has 0 unspecified atom stereocenters. The van der Waals surface area contributed by atoms with E-state index >= 15 is 0 Å². The standard InChI is InChI=1S/C14H24N2OS/c1-3-10(2)13(9-17)15-7-12-8-16-14(18-12)11-5-4-6-11/h8,10-11,13,15,17H,3-7,9H2,1-2H3/t10-,13+/m0/s1. The Morgan fingerprint density at radius 1 is 1.56 bits per heavy atom. The number of thiazole rings is 1. The fraction of sp³-hybridized carbons (Fsp3) is 0.786. The van der Waals surface area contributed by atoms with Crippen LogP contribution in [0, 0.1) is 5.92 Å². The third kappa shape index (κ3) is 3.31. The lowest BCUT2D eigenvalue weighted by atomic mass is 9.86. The Morgan fingerprint density at radius 2 is 2.33 bits per heavy atom. The molecule has 18 heavy (non-hydrogen) atoms. The molecule has 1 aliphatic rings. The minimum absolute atomic E-state index is 0.198. The van der Waals surface area contributed by atoms with Crippen LogP contribution in [0.3, 0.4) is 0 Å². The van der Waals surface area contributed by atoms with Crippen LogP contribution < -0.4 is 5.32 Å². The highest BCUT2D eigenvalue weighted by atomic mass is 32.1. The summed E-state index contributed by atoms with van der Waals surface area (Å²) in [6.45, 7) is 5.39. The van der Waals surface area contributed by atoms with Gasteiger partial charge in [-0.1, -0.05) is 26.7 Å². The lowest BCUT2D eigenvalue weighted by molar-refractivity contribution is 0.201. The topological polar surface area (TPSA) is 45.1 Å². The first kappa shape index (κ1) is 14.0. The van der Waals surface area contributed by atoms with Crippen LogP contribution in [0.4, 0.5) is 0 Å². The second kappa shape index (κ2) is 6.64. The number of aliphatic hydroxyl groups excluding tert-OH is 1. The van der Waals surface area contributed by atoms with Crippen molar-refractivity contribution in [2.24, 2.45) is 5.92 Å². The second-order valence-electron chi connectivity index (χ2n) is 5.35. The van der Waals surface area contributed by atoms with Crippen molar-refractivity contribution in [2.75, 3.05) is 6.61 Å². The molecule has 1 fully saturated rings. The number of rotatable bonds is 7. The van der Waals surface area contributed by atoms with Gasteiger partial charge in [0.1, 0.15) is 0 Å². The van der Waals surface area contributed by atoms with Gasteiger partial charge in [0.2, 0.25) is 0 Å². The van der Waals surface area contributed by atoms with E-state index in [0.29, 0.717) is 5.92 Å². The molecule has 0 saturated heterocycles. The molecule has 0 spiro atoms. The predicted octanol–water partition coefficient (Wildman–Crippen LogP) is 2.91. The van der Waals surface area contributed by atoms with E-state index in [2.05, 4.69) is 24.1 Å². The summed E-state index contributed by atoms with van der Waals surface area (Å²) >= 11 is 1.83. The van der Waals surface area contributed by atoms with Gasteiger partial charge in [0.05, 0.1) is 11.6 Å². The zero-order valence-electron chi connectivity index (χ0n) is 11.4. The van der Waals surface area contributed by atoms with Crippen LogP contribution in [0.5, 0.6) is 0 Å². The zero-order chi connectivity index (χ0) is 13.0. The van der Waals surface area contributed by atoms with E-state index in [1.54, 1.807) is 0 Å². The van der Waals surface area contributed by atoms with Crippen LogP contribution in [-0.4, -0.2) is 22.7 Å². The monoisotopic (exact) mass is 268 g/mol. The van der Waals surface area contributed by atoms with Gasteiger partial charge in [-0.3, -0.25) is 0 Å². The lowest BCUT2D eigenvalue weighted by Gasteiger charge is -2.23. The van der Waals surface area contributed by atoms with E-state index in [1.807, 2.05) is 17.5 Å². The van der Waals surface area contributed by atoms with E-state index in [4.69, 9.17) is 0 Å². The molecular weight excluding hydrogens is 244 g/mol. The maximum atomic E-state index is 9.37. The molecule has 3 nitrogen and oxygen atoms in total. The molecule has 0 bridgehead atoms. The summed E-state index contributed by atoms with van der Waals surface area (Å²) in [5.41, 5.74) is 0. The number of hydrogen-bond donors (Lipinski definition) is 2. The number of nitrogens with zero attached hydrogens (tertiary/aromatic N) is 1. The molecule has 2 rings (SSSR count). The van der Waals surface area contributed by atoms with Crippen LogP contribution in [0.25, 0.3) is 0 Å². The molecule has 4 heteroatoms. The van der Waals surface area contributed by atoms with Crippen molar-refractivity contribution in [3.8, 4) is 0 Å². The highest BCUT2D eigenvalue weighted by Crippen LogP contribution is 2.38. The Labute approximate surface area is 114 Å². The van der Waals surface area contributed by atoms with Crippen molar-refractivity contribution in [3.63, 3.8) is 0 Å². The fourth-order valence-corrected chi connectivity index (χ4v) is 3.25. The van der Waals surface area contributed by atoms with Crippen LogP contribution in [0.15, 0.2) is 6.20 Å². The smallest absolute Gasteiger partial charge is 0.0959 e. The van der Waals surface area contributed by atoms with Crippen LogP contribution >= 0.6 is 11.3 Å². The maximum absolute atomic E-state index is 9.37. The van der Waals surface area contributed by atoms with Gasteiger partial charge in [-0.05, 0) is 18.8 Å². The second-order valence-corrected chi connectivity index (χ2v) is 6.49. The first-order valence-electron chi connectivity index (χ1n) is 7.03. The van der Waals surface area contributed by atoms with Crippen LogP contribution in [-0.2, 0) is 6.54 Å². The zero-order valence-corrected chi connectivity index (χ0v) is 12.2. The van der Waals surface area contributed by atoms with Crippen molar-refractivity contribution in [1.82, 2.24) is 10.3 Å². The minimum atomic E-state index is 0.198. The van der Waals surface area contributed by atoms with Crippen molar-refractivity contribution in [2.45, 2.75) is 58.0 Å². The number of aromatic nitrogens is 1. The van der Waals surface area contributed by atoms with E-state index < -0.39 is 0 Å². The largest absolute Gasteiger partial charge is 0.395 e. The SMILES string of the molecule is CC[C@H](C)[C@@H](CO)NCc1cnc(C2CCC2)s1. The molecule has 0 aliphatic heterocycles. The van der Waals surface area contributed by atoms with Crippen molar-refractivity contribution >= 4 is 11.3 Å². The Morgan fingerprint density at radius 3 is 2.89 bits per heavy atom. The third-order valence-electron chi connectivity index (χ3n) is 4.09. The van der Waals surface area contributed by atoms with E-state index in [9.17, 15) is 5.11 Å². The Hall–Kier alpha value is -0.450. The molecule has 0 amide bonds. The first-order valence-corrected chi connectivity index (χ1v) is 7.85. The van der Waals surface area contributed by atoms with E-state index in [-0.39, 0.29) is 12.6 Å². The minimum Gasteiger partial charge on any atom is -0.395 e. The van der Waals surface area contributed by atoms with Gasteiger partial charge in [-0.15, -0.1) is 11.3 Å². The quantitative estimate of drug-likeness (QED) is 0.799.